The smallest absolute Gasteiger partial charge is 0.320 e. The van der Waals surface area contributed by atoms with Crippen LogP contribution < -0.4 is 5.32 Å². The normalized spacial score (nSPS) is 16.7. The first-order valence-corrected chi connectivity index (χ1v) is 6.64. The number of hydrogen-bond acceptors (Lipinski definition) is 3. The summed E-state index contributed by atoms with van der Waals surface area (Å²) in [7, 11) is 0. The zero-order chi connectivity index (χ0) is 13.2. The molecule has 0 unspecified atom stereocenters. The summed E-state index contributed by atoms with van der Waals surface area (Å²) in [5.74, 6) is -0.846. The van der Waals surface area contributed by atoms with Crippen molar-refractivity contribution in [2.45, 2.75) is 35.8 Å². The highest BCUT2D eigenvalue weighted by Gasteiger charge is 2.45. The molecule has 1 saturated carbocycles. The standard InChI is InChI=1S/C13H15NO3S/c1-9(15)14-10-3-5-11(6-4-10)18-13(12(16)17)7-2-8-13/h3-6H,2,7-8H2,1H3,(H,14,15)(H,16,17). The maximum atomic E-state index is 11.2. The third kappa shape index (κ3) is 2.67. The van der Waals surface area contributed by atoms with Gasteiger partial charge in [0.05, 0.1) is 0 Å². The Morgan fingerprint density at radius 2 is 1.89 bits per heavy atom. The molecule has 1 aromatic rings. The Morgan fingerprint density at radius 3 is 2.28 bits per heavy atom. The molecule has 0 aromatic heterocycles. The van der Waals surface area contributed by atoms with Gasteiger partial charge in [-0.15, -0.1) is 11.8 Å². The Kier molecular flexibility index (Phi) is 3.61. The van der Waals surface area contributed by atoms with E-state index in [0.29, 0.717) is 0 Å². The molecule has 0 saturated heterocycles. The summed E-state index contributed by atoms with van der Waals surface area (Å²) in [5, 5.41) is 11.9. The van der Waals surface area contributed by atoms with Gasteiger partial charge >= 0.3 is 5.97 Å². The van der Waals surface area contributed by atoms with E-state index in [1.807, 2.05) is 12.1 Å². The van der Waals surface area contributed by atoms with Crippen molar-refractivity contribution in [2.75, 3.05) is 5.32 Å². The molecule has 1 aliphatic carbocycles. The first-order chi connectivity index (χ1) is 8.52. The third-order valence-electron chi connectivity index (χ3n) is 3.04. The SMILES string of the molecule is CC(=O)Nc1ccc(SC2(C(=O)O)CCC2)cc1. The lowest BCUT2D eigenvalue weighted by Crippen LogP contribution is -2.41. The molecule has 0 atom stereocenters. The van der Waals surface area contributed by atoms with Gasteiger partial charge in [-0.1, -0.05) is 0 Å². The van der Waals surface area contributed by atoms with Crippen molar-refractivity contribution >= 4 is 29.3 Å². The van der Waals surface area contributed by atoms with Crippen LogP contribution in [0.1, 0.15) is 26.2 Å². The number of carboxylic acids is 1. The average molecular weight is 265 g/mol. The summed E-state index contributed by atoms with van der Waals surface area (Å²) in [6, 6.07) is 7.27. The number of rotatable bonds is 4. The summed E-state index contributed by atoms with van der Waals surface area (Å²) in [6.07, 6.45) is 2.42. The average Bonchev–Trinajstić information content (AvgIpc) is 2.24. The molecule has 18 heavy (non-hydrogen) atoms. The van der Waals surface area contributed by atoms with E-state index in [-0.39, 0.29) is 5.91 Å². The van der Waals surface area contributed by atoms with E-state index in [1.54, 1.807) is 12.1 Å². The molecule has 0 aliphatic heterocycles. The summed E-state index contributed by atoms with van der Waals surface area (Å²) < 4.78 is -0.643. The van der Waals surface area contributed by atoms with Gasteiger partial charge in [0.25, 0.3) is 0 Å². The van der Waals surface area contributed by atoms with E-state index >= 15 is 0 Å². The Balaban J connectivity index is 2.06. The molecular formula is C13H15NO3S. The molecule has 5 heteroatoms. The molecule has 1 amide bonds. The van der Waals surface area contributed by atoms with Crippen LogP contribution >= 0.6 is 11.8 Å². The molecule has 4 nitrogen and oxygen atoms in total. The van der Waals surface area contributed by atoms with Gasteiger partial charge < -0.3 is 10.4 Å². The Labute approximate surface area is 110 Å². The number of nitrogens with one attached hydrogen (secondary N) is 1. The number of benzene rings is 1. The number of anilines is 1. The van der Waals surface area contributed by atoms with Gasteiger partial charge in [0.15, 0.2) is 0 Å². The lowest BCUT2D eigenvalue weighted by Gasteiger charge is -2.36. The number of amides is 1. The highest BCUT2D eigenvalue weighted by atomic mass is 32.2. The van der Waals surface area contributed by atoms with Crippen molar-refractivity contribution in [3.63, 3.8) is 0 Å². The highest BCUT2D eigenvalue weighted by Crippen LogP contribution is 2.47. The summed E-state index contributed by atoms with van der Waals surface area (Å²) in [4.78, 5) is 23.0. The summed E-state index contributed by atoms with van der Waals surface area (Å²) in [6.45, 7) is 1.45. The number of aliphatic carboxylic acids is 1. The second kappa shape index (κ2) is 5.02. The molecular weight excluding hydrogens is 250 g/mol. The highest BCUT2D eigenvalue weighted by molar-refractivity contribution is 8.01. The second-order valence-corrected chi connectivity index (χ2v) is 5.92. The van der Waals surface area contributed by atoms with Crippen LogP contribution in [-0.4, -0.2) is 21.7 Å². The van der Waals surface area contributed by atoms with Gasteiger partial charge in [-0.3, -0.25) is 9.59 Å². The third-order valence-corrected chi connectivity index (χ3v) is 4.52. The van der Waals surface area contributed by atoms with E-state index in [2.05, 4.69) is 5.32 Å². The van der Waals surface area contributed by atoms with E-state index in [4.69, 9.17) is 0 Å². The van der Waals surface area contributed by atoms with Gasteiger partial charge in [0, 0.05) is 17.5 Å². The largest absolute Gasteiger partial charge is 0.480 e. The fraction of sp³-hybridized carbons (Fsp3) is 0.385. The van der Waals surface area contributed by atoms with Crippen molar-refractivity contribution in [1.29, 1.82) is 0 Å². The number of carbonyl (C=O) groups is 2. The van der Waals surface area contributed by atoms with Crippen LogP contribution in [0.2, 0.25) is 0 Å². The number of thioether (sulfide) groups is 1. The van der Waals surface area contributed by atoms with E-state index in [0.717, 1.165) is 29.8 Å². The van der Waals surface area contributed by atoms with Crippen molar-refractivity contribution in [2.24, 2.45) is 0 Å². The molecule has 96 valence electrons. The van der Waals surface area contributed by atoms with Crippen LogP contribution in [0.4, 0.5) is 5.69 Å². The predicted molar refractivity (Wildman–Crippen MR) is 70.8 cm³/mol. The van der Waals surface area contributed by atoms with E-state index < -0.39 is 10.7 Å². The molecule has 1 fully saturated rings. The molecule has 2 rings (SSSR count). The molecule has 0 radical (unpaired) electrons. The molecule has 1 aromatic carbocycles. The molecule has 0 heterocycles. The molecule has 1 aliphatic rings. The van der Waals surface area contributed by atoms with Crippen LogP contribution in [-0.2, 0) is 9.59 Å². The van der Waals surface area contributed by atoms with Crippen LogP contribution in [0.25, 0.3) is 0 Å². The molecule has 2 N–H and O–H groups in total. The second-order valence-electron chi connectivity index (χ2n) is 4.46. The van der Waals surface area contributed by atoms with Crippen LogP contribution in [0.15, 0.2) is 29.2 Å². The fourth-order valence-corrected chi connectivity index (χ4v) is 3.20. The quantitative estimate of drug-likeness (QED) is 0.878. The van der Waals surface area contributed by atoms with Crippen LogP contribution in [0.5, 0.6) is 0 Å². The van der Waals surface area contributed by atoms with Gasteiger partial charge in [-0.2, -0.15) is 0 Å². The minimum absolute atomic E-state index is 0.114. The minimum Gasteiger partial charge on any atom is -0.480 e. The predicted octanol–water partition coefficient (Wildman–Crippen LogP) is 2.74. The van der Waals surface area contributed by atoms with Gasteiger partial charge in [0.1, 0.15) is 4.75 Å². The topological polar surface area (TPSA) is 66.4 Å². The monoisotopic (exact) mass is 265 g/mol. The Morgan fingerprint density at radius 1 is 1.28 bits per heavy atom. The van der Waals surface area contributed by atoms with Crippen LogP contribution in [0, 0.1) is 0 Å². The van der Waals surface area contributed by atoms with Gasteiger partial charge in [-0.25, -0.2) is 0 Å². The van der Waals surface area contributed by atoms with Crippen molar-refractivity contribution < 1.29 is 14.7 Å². The summed E-state index contributed by atoms with van der Waals surface area (Å²) >= 11 is 1.40. The number of carbonyl (C=O) groups excluding carboxylic acids is 1. The van der Waals surface area contributed by atoms with Crippen molar-refractivity contribution in [3.05, 3.63) is 24.3 Å². The van der Waals surface area contributed by atoms with E-state index in [1.165, 1.54) is 18.7 Å². The van der Waals surface area contributed by atoms with Crippen molar-refractivity contribution in [3.8, 4) is 0 Å². The first-order valence-electron chi connectivity index (χ1n) is 5.82. The maximum absolute atomic E-state index is 11.2. The lowest BCUT2D eigenvalue weighted by molar-refractivity contribution is -0.142. The fourth-order valence-electron chi connectivity index (χ4n) is 1.89. The summed E-state index contributed by atoms with van der Waals surface area (Å²) in [5.41, 5.74) is 0.727. The zero-order valence-corrected chi connectivity index (χ0v) is 10.9. The number of hydrogen-bond donors (Lipinski definition) is 2. The zero-order valence-electron chi connectivity index (χ0n) is 10.1. The van der Waals surface area contributed by atoms with Gasteiger partial charge in [-0.05, 0) is 43.5 Å². The minimum atomic E-state index is -0.732. The number of carboxylic acid groups (broad SMARTS) is 1. The van der Waals surface area contributed by atoms with Gasteiger partial charge in [0.2, 0.25) is 5.91 Å². The Hall–Kier alpha value is -1.49. The molecule has 0 spiro atoms. The Bertz CT molecular complexity index is 466. The lowest BCUT2D eigenvalue weighted by atomic mass is 9.84. The van der Waals surface area contributed by atoms with Crippen molar-refractivity contribution in [1.82, 2.24) is 0 Å². The van der Waals surface area contributed by atoms with Crippen LogP contribution in [0.3, 0.4) is 0 Å². The van der Waals surface area contributed by atoms with E-state index in [9.17, 15) is 14.7 Å². The maximum Gasteiger partial charge on any atom is 0.320 e. The molecule has 0 bridgehead atoms. The first kappa shape index (κ1) is 13.0.